The Morgan fingerprint density at radius 2 is 1.72 bits per heavy atom. The number of amides is 2. The summed E-state index contributed by atoms with van der Waals surface area (Å²) >= 11 is 0. The number of aromatic nitrogens is 4. The number of methoxy groups -OCH3 is 1. The molecule has 8 rings (SSSR count). The van der Waals surface area contributed by atoms with E-state index in [0.29, 0.717) is 40.2 Å². The van der Waals surface area contributed by atoms with Crippen molar-refractivity contribution >= 4 is 59.7 Å². The molecular weight excluding hydrogens is 850 g/mol. The molecule has 3 aromatic carbocycles. The SMILES string of the molecule is COCCOP(=O)(O)Cc1ccc2c(ccn2C(=O)c2cc(-c3ccc(CC(=O)c4nc(NC(=O)CCCOc5cc6c(cc5C)C(=O)N5CCCC[C@H]5C=N6)cn4C)cc3)cn2C)c1. The van der Waals surface area contributed by atoms with Crippen LogP contribution in [-0.2, 0) is 45.3 Å². The van der Waals surface area contributed by atoms with Crippen molar-refractivity contribution in [2.24, 2.45) is 19.1 Å². The second-order valence-corrected chi connectivity index (χ2v) is 18.4. The predicted octanol–water partition coefficient (Wildman–Crippen LogP) is 7.66. The van der Waals surface area contributed by atoms with Crippen LogP contribution in [0.4, 0.5) is 11.5 Å². The Morgan fingerprint density at radius 1 is 0.923 bits per heavy atom. The van der Waals surface area contributed by atoms with Crippen LogP contribution < -0.4 is 10.1 Å². The first-order valence-corrected chi connectivity index (χ1v) is 23.4. The standard InChI is InChI=1S/C48H52N7O9P/c1-31-22-38-39(49-27-37-8-5-6-17-54(37)47(38)58)26-43(31)63-19-7-9-45(57)50-44-29-53(3)46(51-44)42(56)24-32-10-13-34(14-11-32)36-25-41(52(2)28-36)48(59)55-18-16-35-23-33(12-15-40(35)55)30-65(60,61)64-21-20-62-4/h10-16,18,22-23,25-29,37H,5-9,17,19-21,24,30H2,1-4H3,(H,50,57)(H,60,61)/t37-/m0/s1. The molecule has 2 amide bonds. The number of ether oxygens (including phenoxy) is 2. The minimum Gasteiger partial charge on any atom is -0.493 e. The number of aliphatic imine (C=N–C) groups is 1. The molecule has 0 aliphatic carbocycles. The lowest BCUT2D eigenvalue weighted by atomic mass is 10.0. The Balaban J connectivity index is 0.827. The van der Waals surface area contributed by atoms with Gasteiger partial charge in [-0.05, 0) is 85.2 Å². The van der Waals surface area contributed by atoms with Crippen molar-refractivity contribution < 1.29 is 42.6 Å². The molecule has 2 atom stereocenters. The van der Waals surface area contributed by atoms with Gasteiger partial charge in [0.15, 0.2) is 11.6 Å². The van der Waals surface area contributed by atoms with Gasteiger partial charge in [-0.2, -0.15) is 0 Å². The molecule has 2 aliphatic rings. The van der Waals surface area contributed by atoms with E-state index in [1.165, 1.54) is 7.11 Å². The number of aryl methyl sites for hydroxylation is 3. The summed E-state index contributed by atoms with van der Waals surface area (Å²) in [5.41, 5.74) is 6.19. The van der Waals surface area contributed by atoms with Crippen molar-refractivity contribution in [3.63, 3.8) is 0 Å². The second kappa shape index (κ2) is 19.3. The maximum Gasteiger partial charge on any atom is 0.332 e. The zero-order chi connectivity index (χ0) is 45.8. The lowest BCUT2D eigenvalue weighted by Crippen LogP contribution is -2.43. The van der Waals surface area contributed by atoms with Gasteiger partial charge >= 0.3 is 7.60 Å². The molecule has 6 aromatic rings. The van der Waals surface area contributed by atoms with E-state index in [1.807, 2.05) is 60.6 Å². The molecule has 2 N–H and O–H groups in total. The number of fused-ring (bicyclic) bond motifs is 3. The second-order valence-electron chi connectivity index (χ2n) is 16.6. The first kappa shape index (κ1) is 45.1. The largest absolute Gasteiger partial charge is 0.493 e. The number of hydrogen-bond donors (Lipinski definition) is 2. The lowest BCUT2D eigenvalue weighted by Gasteiger charge is -2.32. The summed E-state index contributed by atoms with van der Waals surface area (Å²) in [6.07, 6.45) is 10.6. The van der Waals surface area contributed by atoms with Crippen molar-refractivity contribution in [2.75, 3.05) is 38.8 Å². The van der Waals surface area contributed by atoms with Crippen molar-refractivity contribution in [3.05, 3.63) is 119 Å². The molecule has 5 heterocycles. The molecule has 3 aromatic heterocycles. The molecule has 0 radical (unpaired) electrons. The molecule has 338 valence electrons. The number of Topliss-reactive ketones (excluding diaryl/α,β-unsaturated/α-hetero) is 1. The van der Waals surface area contributed by atoms with Crippen LogP contribution >= 0.6 is 7.60 Å². The summed E-state index contributed by atoms with van der Waals surface area (Å²) in [4.78, 5) is 74.5. The molecule has 17 heteroatoms. The third-order valence-electron chi connectivity index (χ3n) is 11.7. The molecule has 65 heavy (non-hydrogen) atoms. The van der Waals surface area contributed by atoms with Crippen LogP contribution in [0.2, 0.25) is 0 Å². The maximum absolute atomic E-state index is 13.8. The van der Waals surface area contributed by atoms with E-state index in [2.05, 4.69) is 15.3 Å². The van der Waals surface area contributed by atoms with Gasteiger partial charge in [0.2, 0.25) is 11.7 Å². The van der Waals surface area contributed by atoms with E-state index in [4.69, 9.17) is 14.0 Å². The number of carbonyl (C=O) groups is 4. The van der Waals surface area contributed by atoms with E-state index in [1.54, 1.807) is 70.5 Å². The van der Waals surface area contributed by atoms with Crippen molar-refractivity contribution in [1.29, 1.82) is 0 Å². The minimum atomic E-state index is -3.86. The average molecular weight is 902 g/mol. The van der Waals surface area contributed by atoms with Crippen LogP contribution in [0.5, 0.6) is 5.75 Å². The average Bonchev–Trinajstić information content (AvgIpc) is 3.98. The summed E-state index contributed by atoms with van der Waals surface area (Å²) < 4.78 is 33.5. The highest BCUT2D eigenvalue weighted by molar-refractivity contribution is 7.51. The van der Waals surface area contributed by atoms with Gasteiger partial charge in [0.05, 0.1) is 48.8 Å². The number of ketones is 1. The molecule has 16 nitrogen and oxygen atoms in total. The van der Waals surface area contributed by atoms with E-state index < -0.39 is 7.60 Å². The van der Waals surface area contributed by atoms with Gasteiger partial charge < -0.3 is 38.2 Å². The summed E-state index contributed by atoms with van der Waals surface area (Å²) in [6.45, 7) is 3.14. The normalized spacial score (nSPS) is 15.6. The van der Waals surface area contributed by atoms with Crippen LogP contribution in [0, 0.1) is 6.92 Å². The molecule has 0 saturated carbocycles. The van der Waals surface area contributed by atoms with Crippen molar-refractivity contribution in [1.82, 2.24) is 23.6 Å². The van der Waals surface area contributed by atoms with E-state index in [9.17, 15) is 28.6 Å². The first-order valence-electron chi connectivity index (χ1n) is 21.6. The number of anilines is 1. The fraction of sp³-hybridized carbons (Fsp3) is 0.333. The molecule has 0 bridgehead atoms. The van der Waals surface area contributed by atoms with Crippen LogP contribution in [0.1, 0.15) is 80.3 Å². The number of hydrogen-bond acceptors (Lipinski definition) is 10. The van der Waals surface area contributed by atoms with Crippen molar-refractivity contribution in [3.8, 4) is 16.9 Å². The number of benzene rings is 3. The number of nitrogens with one attached hydrogen (secondary N) is 1. The Hall–Kier alpha value is -6.45. The summed E-state index contributed by atoms with van der Waals surface area (Å²) in [7, 11) is 1.13. The first-order chi connectivity index (χ1) is 31.3. The van der Waals surface area contributed by atoms with Crippen LogP contribution in [-0.4, -0.2) is 97.7 Å². The fourth-order valence-corrected chi connectivity index (χ4v) is 9.46. The van der Waals surface area contributed by atoms with E-state index in [0.717, 1.165) is 53.4 Å². The number of piperidine rings is 1. The fourth-order valence-electron chi connectivity index (χ4n) is 8.35. The van der Waals surface area contributed by atoms with Gasteiger partial charge in [-0.1, -0.05) is 30.3 Å². The maximum atomic E-state index is 13.8. The quantitative estimate of drug-likeness (QED) is 0.0523. The van der Waals surface area contributed by atoms with Crippen LogP contribution in [0.25, 0.3) is 22.0 Å². The molecule has 1 saturated heterocycles. The molecule has 1 unspecified atom stereocenters. The minimum absolute atomic E-state index is 0.00121. The number of carbonyl (C=O) groups excluding carboxylic acids is 4. The Morgan fingerprint density at radius 3 is 2.52 bits per heavy atom. The molecular formula is C48H52N7O9P. The molecule has 1 fully saturated rings. The van der Waals surface area contributed by atoms with Gasteiger partial charge in [-0.3, -0.25) is 33.3 Å². The Kier molecular flexibility index (Phi) is 13.4. The predicted molar refractivity (Wildman–Crippen MR) is 246 cm³/mol. The van der Waals surface area contributed by atoms with Gasteiger partial charge in [-0.15, -0.1) is 0 Å². The Labute approximate surface area is 376 Å². The number of rotatable bonds is 17. The lowest BCUT2D eigenvalue weighted by molar-refractivity contribution is -0.116. The van der Waals surface area contributed by atoms with Gasteiger partial charge in [0.1, 0.15) is 11.4 Å². The Bertz CT molecular complexity index is 2860. The third-order valence-corrected chi connectivity index (χ3v) is 13.1. The zero-order valence-electron chi connectivity index (χ0n) is 36.9. The smallest absolute Gasteiger partial charge is 0.332 e. The monoisotopic (exact) mass is 901 g/mol. The highest BCUT2D eigenvalue weighted by atomic mass is 31.2. The topological polar surface area (TPSA) is 189 Å². The van der Waals surface area contributed by atoms with E-state index >= 15 is 0 Å². The highest BCUT2D eigenvalue weighted by Gasteiger charge is 2.31. The van der Waals surface area contributed by atoms with Gasteiger partial charge in [0, 0.05) is 82.4 Å². The van der Waals surface area contributed by atoms with Gasteiger partial charge in [0.25, 0.3) is 11.8 Å². The summed E-state index contributed by atoms with van der Waals surface area (Å²) in [5, 5.41) is 3.54. The molecule has 2 aliphatic heterocycles. The van der Waals surface area contributed by atoms with Gasteiger partial charge in [-0.25, -0.2) is 4.98 Å². The summed E-state index contributed by atoms with van der Waals surface area (Å²) in [5.74, 6) is 0.404. The van der Waals surface area contributed by atoms with Crippen LogP contribution in [0.15, 0.2) is 90.3 Å². The third kappa shape index (κ3) is 10.3. The number of nitrogens with zero attached hydrogens (tertiary/aromatic N) is 6. The highest BCUT2D eigenvalue weighted by Crippen LogP contribution is 2.46. The zero-order valence-corrected chi connectivity index (χ0v) is 37.8. The number of imidazole rings is 1. The van der Waals surface area contributed by atoms with Crippen molar-refractivity contribution in [2.45, 2.75) is 57.7 Å². The molecule has 0 spiro atoms. The van der Waals surface area contributed by atoms with E-state index in [-0.39, 0.29) is 80.0 Å². The van der Waals surface area contributed by atoms with Crippen LogP contribution in [0.3, 0.4) is 0 Å². The summed E-state index contributed by atoms with van der Waals surface area (Å²) in [6, 6.07) is 20.0.